The zero-order chi connectivity index (χ0) is 22.2. The van der Waals surface area contributed by atoms with Crippen LogP contribution in [-0.2, 0) is 16.0 Å². The first-order chi connectivity index (χ1) is 15.0. The zero-order valence-electron chi connectivity index (χ0n) is 19.7. The molecular weight excluding hydrogens is 537 g/mol. The third-order valence-electron chi connectivity index (χ3n) is 5.61. The average Bonchev–Trinajstić information content (AvgIpc) is 3.25. The Morgan fingerprint density at radius 1 is 1.38 bits per heavy atom. The summed E-state index contributed by atoms with van der Waals surface area (Å²) in [6.45, 7) is 9.08. The normalized spacial score (nSPS) is 16.8. The van der Waals surface area contributed by atoms with Gasteiger partial charge in [-0.2, -0.15) is 0 Å². The Hall–Kier alpha value is -1.27. The van der Waals surface area contributed by atoms with Crippen LogP contribution in [0.4, 0.5) is 0 Å². The fourth-order valence-electron chi connectivity index (χ4n) is 3.80. The van der Waals surface area contributed by atoms with Gasteiger partial charge in [-0.05, 0) is 19.4 Å². The molecule has 2 aromatic rings. The van der Waals surface area contributed by atoms with Crippen LogP contribution < -0.4 is 5.32 Å². The minimum absolute atomic E-state index is 0. The molecule has 3 rings (SSSR count). The zero-order valence-corrected chi connectivity index (χ0v) is 22.9. The number of hydrogen-bond donors (Lipinski definition) is 1. The number of ether oxygens (including phenoxy) is 2. The molecule has 32 heavy (non-hydrogen) atoms. The fourth-order valence-corrected chi connectivity index (χ4v) is 4.64. The lowest BCUT2D eigenvalue weighted by Gasteiger charge is -2.35. The number of aryl methyl sites for hydroxylation is 1. The quantitative estimate of drug-likeness (QED) is 0.294. The van der Waals surface area contributed by atoms with Gasteiger partial charge in [0.15, 0.2) is 5.96 Å². The Morgan fingerprint density at radius 2 is 2.12 bits per heavy atom. The van der Waals surface area contributed by atoms with Crippen LogP contribution in [0.25, 0.3) is 0 Å². The van der Waals surface area contributed by atoms with E-state index in [1.54, 1.807) is 18.4 Å². The second-order valence-corrected chi connectivity index (χ2v) is 8.81. The van der Waals surface area contributed by atoms with E-state index in [9.17, 15) is 0 Å². The van der Waals surface area contributed by atoms with E-state index in [2.05, 4.69) is 56.7 Å². The average molecular weight is 574 g/mol. The monoisotopic (exact) mass is 573 g/mol. The van der Waals surface area contributed by atoms with E-state index in [-0.39, 0.29) is 36.1 Å². The maximum atomic E-state index is 5.58. The van der Waals surface area contributed by atoms with Gasteiger partial charge in [-0.15, -0.1) is 35.3 Å². The van der Waals surface area contributed by atoms with Gasteiger partial charge >= 0.3 is 0 Å². The van der Waals surface area contributed by atoms with Gasteiger partial charge in [-0.3, -0.25) is 9.89 Å². The number of aliphatic imine (C=N–C) groups is 1. The minimum atomic E-state index is 0. The Bertz CT molecular complexity index is 856. The van der Waals surface area contributed by atoms with Crippen molar-refractivity contribution in [3.05, 3.63) is 51.5 Å². The van der Waals surface area contributed by atoms with Crippen LogP contribution in [0, 0.1) is 6.92 Å². The van der Waals surface area contributed by atoms with Gasteiger partial charge in [-0.1, -0.05) is 29.8 Å². The van der Waals surface area contributed by atoms with Crippen LogP contribution in [0.1, 0.15) is 40.9 Å². The van der Waals surface area contributed by atoms with E-state index < -0.39 is 0 Å². The van der Waals surface area contributed by atoms with Crippen molar-refractivity contribution in [2.45, 2.75) is 32.5 Å². The summed E-state index contributed by atoms with van der Waals surface area (Å²) >= 11 is 1.64. The lowest BCUT2D eigenvalue weighted by atomic mass is 10.0. The molecule has 2 atom stereocenters. The number of guanidine groups is 1. The summed E-state index contributed by atoms with van der Waals surface area (Å²) in [5.41, 5.74) is 3.63. The summed E-state index contributed by atoms with van der Waals surface area (Å²) in [4.78, 5) is 13.8. The van der Waals surface area contributed by atoms with Gasteiger partial charge in [-0.25, -0.2) is 4.98 Å². The molecule has 0 aliphatic carbocycles. The second kappa shape index (κ2) is 13.4. The second-order valence-electron chi connectivity index (χ2n) is 7.92. The van der Waals surface area contributed by atoms with E-state index in [4.69, 9.17) is 14.5 Å². The Morgan fingerprint density at radius 3 is 2.78 bits per heavy atom. The number of rotatable bonds is 8. The van der Waals surface area contributed by atoms with Crippen molar-refractivity contribution in [1.29, 1.82) is 0 Å². The summed E-state index contributed by atoms with van der Waals surface area (Å²) in [6, 6.07) is 9.05. The molecule has 2 unspecified atom stereocenters. The number of thiazole rings is 1. The van der Waals surface area contributed by atoms with Gasteiger partial charge in [0.05, 0.1) is 31.5 Å². The molecule has 0 radical (unpaired) electrons. The van der Waals surface area contributed by atoms with Gasteiger partial charge in [0.25, 0.3) is 0 Å². The molecule has 0 bridgehead atoms. The molecule has 178 valence electrons. The number of halogens is 1. The van der Waals surface area contributed by atoms with Crippen LogP contribution in [-0.4, -0.2) is 74.8 Å². The summed E-state index contributed by atoms with van der Waals surface area (Å²) in [6.07, 6.45) is 0.0186. The molecule has 2 heterocycles. The van der Waals surface area contributed by atoms with Crippen molar-refractivity contribution in [3.63, 3.8) is 0 Å². The highest BCUT2D eigenvalue weighted by Gasteiger charge is 2.23. The maximum absolute atomic E-state index is 5.58. The van der Waals surface area contributed by atoms with Crippen LogP contribution in [0.2, 0.25) is 0 Å². The number of nitrogens with one attached hydrogen (secondary N) is 1. The fraction of sp³-hybridized carbons (Fsp3) is 0.565. The highest BCUT2D eigenvalue weighted by atomic mass is 127. The van der Waals surface area contributed by atoms with Crippen LogP contribution >= 0.6 is 35.3 Å². The third-order valence-corrected chi connectivity index (χ3v) is 6.66. The van der Waals surface area contributed by atoms with Gasteiger partial charge < -0.3 is 19.7 Å². The van der Waals surface area contributed by atoms with Crippen molar-refractivity contribution in [1.82, 2.24) is 20.1 Å². The number of aromatic nitrogens is 1. The molecule has 7 nitrogen and oxygen atoms in total. The van der Waals surface area contributed by atoms with E-state index in [0.29, 0.717) is 6.54 Å². The standard InChI is InChI=1S/C23H35N5O2S.HI/c1-17-7-6-8-19(13-17)21(28-9-11-30-12-10-28)14-25-23(24-3)27(4)15-20-16-31-22(26-20)18(2)29-5;/h6-8,13,16,18,21H,9-12,14-15H2,1-5H3,(H,24,25);1H. The molecule has 1 aromatic heterocycles. The van der Waals surface area contributed by atoms with Crippen LogP contribution in [0.15, 0.2) is 34.6 Å². The molecule has 1 aliphatic rings. The summed E-state index contributed by atoms with van der Waals surface area (Å²) in [5, 5.41) is 6.69. The number of hydrogen-bond acceptors (Lipinski definition) is 6. The first-order valence-corrected chi connectivity index (χ1v) is 11.7. The first-order valence-electron chi connectivity index (χ1n) is 10.8. The maximum Gasteiger partial charge on any atom is 0.193 e. The lowest BCUT2D eigenvalue weighted by Crippen LogP contribution is -2.46. The summed E-state index contributed by atoms with van der Waals surface area (Å²) < 4.78 is 11.0. The van der Waals surface area contributed by atoms with Crippen molar-refractivity contribution in [3.8, 4) is 0 Å². The SMILES string of the molecule is CN=C(NCC(c1cccc(C)c1)N1CCOCC1)N(C)Cc1csc(C(C)OC)n1.I. The topological polar surface area (TPSA) is 62.2 Å². The third kappa shape index (κ3) is 7.38. The van der Waals surface area contributed by atoms with E-state index in [1.807, 2.05) is 21.0 Å². The largest absolute Gasteiger partial charge is 0.379 e. The molecule has 1 N–H and O–H groups in total. The Labute approximate surface area is 213 Å². The molecule has 9 heteroatoms. The predicted molar refractivity (Wildman–Crippen MR) is 142 cm³/mol. The van der Waals surface area contributed by atoms with Crippen molar-refractivity contribution in [2.75, 3.05) is 54.1 Å². The number of nitrogens with zero attached hydrogens (tertiary/aromatic N) is 4. The smallest absolute Gasteiger partial charge is 0.193 e. The highest BCUT2D eigenvalue weighted by molar-refractivity contribution is 14.0. The van der Waals surface area contributed by atoms with Crippen molar-refractivity contribution in [2.24, 2.45) is 4.99 Å². The molecule has 1 aliphatic heterocycles. The van der Waals surface area contributed by atoms with Gasteiger partial charge in [0.2, 0.25) is 0 Å². The highest BCUT2D eigenvalue weighted by Crippen LogP contribution is 2.23. The summed E-state index contributed by atoms with van der Waals surface area (Å²) in [7, 11) is 5.59. The molecule has 0 amide bonds. The van der Waals surface area contributed by atoms with Crippen molar-refractivity contribution >= 4 is 41.3 Å². The number of morpholine rings is 1. The van der Waals surface area contributed by atoms with E-state index in [1.165, 1.54) is 11.1 Å². The van der Waals surface area contributed by atoms with Crippen molar-refractivity contribution < 1.29 is 9.47 Å². The lowest BCUT2D eigenvalue weighted by molar-refractivity contribution is 0.0169. The minimum Gasteiger partial charge on any atom is -0.379 e. The molecular formula is C23H36IN5O2S. The first kappa shape index (κ1) is 27.0. The molecule has 1 aromatic carbocycles. The molecule has 0 saturated carbocycles. The van der Waals surface area contributed by atoms with Crippen LogP contribution in [0.5, 0.6) is 0 Å². The molecule has 1 saturated heterocycles. The van der Waals surface area contributed by atoms with Gasteiger partial charge in [0, 0.05) is 46.2 Å². The molecule has 1 fully saturated rings. The van der Waals surface area contributed by atoms with Crippen LogP contribution in [0.3, 0.4) is 0 Å². The summed E-state index contributed by atoms with van der Waals surface area (Å²) in [5.74, 6) is 0.861. The van der Waals surface area contributed by atoms with Gasteiger partial charge in [0.1, 0.15) is 11.1 Å². The van der Waals surface area contributed by atoms with E-state index >= 15 is 0 Å². The molecule has 0 spiro atoms. The van der Waals surface area contributed by atoms with E-state index in [0.717, 1.165) is 49.5 Å². The predicted octanol–water partition coefficient (Wildman–Crippen LogP) is 3.86. The number of benzene rings is 1. The Balaban J connectivity index is 0.00000363. The Kier molecular flexibility index (Phi) is 11.3. The number of methoxy groups -OCH3 is 1.